The van der Waals surface area contributed by atoms with Gasteiger partial charge in [-0.3, -0.25) is 9.59 Å². The molecule has 3 N–H and O–H groups in total. The van der Waals surface area contributed by atoms with E-state index < -0.39 is 11.8 Å². The number of para-hydroxylation sites is 2. The summed E-state index contributed by atoms with van der Waals surface area (Å²) in [4.78, 5) is 22.4. The topological polar surface area (TPSA) is 112 Å². The molecule has 0 radical (unpaired) electrons. The van der Waals surface area contributed by atoms with Gasteiger partial charge in [-0.25, -0.2) is 5.43 Å². The average molecular weight is 357 g/mol. The summed E-state index contributed by atoms with van der Waals surface area (Å²) in [6.45, 7) is -0.382. The third-order valence-electron chi connectivity index (χ3n) is 3.09. The van der Waals surface area contributed by atoms with Gasteiger partial charge in [0.05, 0.1) is 13.3 Å². The van der Waals surface area contributed by atoms with Gasteiger partial charge >= 0.3 is 0 Å². The van der Waals surface area contributed by atoms with Crippen molar-refractivity contribution in [3.05, 3.63) is 54.1 Å². The number of ether oxygens (including phenoxy) is 3. The number of methoxy groups -OCH3 is 1. The van der Waals surface area contributed by atoms with Gasteiger partial charge in [-0.1, -0.05) is 12.1 Å². The number of hydrogen-bond acceptors (Lipinski definition) is 6. The van der Waals surface area contributed by atoms with Crippen LogP contribution in [0.4, 0.5) is 0 Å². The number of amides is 2. The Morgan fingerprint density at radius 2 is 1.73 bits per heavy atom. The van der Waals surface area contributed by atoms with Gasteiger partial charge in [0.1, 0.15) is 5.75 Å². The van der Waals surface area contributed by atoms with Gasteiger partial charge in [-0.05, 0) is 42.0 Å². The van der Waals surface area contributed by atoms with Crippen LogP contribution in [-0.4, -0.2) is 38.4 Å². The number of rotatable bonds is 9. The van der Waals surface area contributed by atoms with Crippen LogP contribution < -0.4 is 25.4 Å². The van der Waals surface area contributed by atoms with Gasteiger partial charge in [0, 0.05) is 0 Å². The Labute approximate surface area is 150 Å². The molecule has 2 aromatic carbocycles. The molecule has 0 aliphatic carbocycles. The highest BCUT2D eigenvalue weighted by molar-refractivity contribution is 5.83. The first-order chi connectivity index (χ1) is 12.6. The number of primary amides is 1. The zero-order chi connectivity index (χ0) is 18.8. The molecule has 0 fully saturated rings. The van der Waals surface area contributed by atoms with Gasteiger partial charge in [0.2, 0.25) is 0 Å². The fourth-order valence-electron chi connectivity index (χ4n) is 1.90. The molecule has 26 heavy (non-hydrogen) atoms. The minimum absolute atomic E-state index is 0.185. The number of hydrogen-bond donors (Lipinski definition) is 2. The van der Waals surface area contributed by atoms with Gasteiger partial charge < -0.3 is 19.9 Å². The Morgan fingerprint density at radius 1 is 1.04 bits per heavy atom. The predicted molar refractivity (Wildman–Crippen MR) is 95.4 cm³/mol. The van der Waals surface area contributed by atoms with Crippen molar-refractivity contribution in [3.63, 3.8) is 0 Å². The average Bonchev–Trinajstić information content (AvgIpc) is 2.66. The van der Waals surface area contributed by atoms with Crippen molar-refractivity contribution < 1.29 is 23.8 Å². The molecule has 0 spiro atoms. The van der Waals surface area contributed by atoms with Crippen LogP contribution in [-0.2, 0) is 9.59 Å². The van der Waals surface area contributed by atoms with E-state index in [-0.39, 0.29) is 13.2 Å². The highest BCUT2D eigenvalue weighted by Gasteiger charge is 2.05. The highest BCUT2D eigenvalue weighted by atomic mass is 16.5. The molecule has 2 amide bonds. The van der Waals surface area contributed by atoms with Crippen LogP contribution >= 0.6 is 0 Å². The maximum atomic E-state index is 11.8. The molecule has 2 aromatic rings. The Hall–Kier alpha value is -3.55. The van der Waals surface area contributed by atoms with E-state index in [0.29, 0.717) is 17.2 Å². The molecule has 0 heterocycles. The molecular formula is C18H19N3O5. The maximum Gasteiger partial charge on any atom is 0.277 e. The molecule has 2 rings (SSSR count). The fraction of sp³-hybridized carbons (Fsp3) is 0.167. The molecule has 8 heteroatoms. The first kappa shape index (κ1) is 18.8. The van der Waals surface area contributed by atoms with E-state index in [1.807, 2.05) is 0 Å². The van der Waals surface area contributed by atoms with Gasteiger partial charge in [-0.15, -0.1) is 0 Å². The first-order valence-electron chi connectivity index (χ1n) is 7.67. The lowest BCUT2D eigenvalue weighted by molar-refractivity contribution is -0.123. The van der Waals surface area contributed by atoms with Crippen LogP contribution in [0, 0.1) is 0 Å². The summed E-state index contributed by atoms with van der Waals surface area (Å²) in [6, 6.07) is 13.8. The quantitative estimate of drug-likeness (QED) is 0.515. The Kier molecular flexibility index (Phi) is 6.99. The van der Waals surface area contributed by atoms with Crippen molar-refractivity contribution in [2.24, 2.45) is 10.8 Å². The third-order valence-corrected chi connectivity index (χ3v) is 3.09. The lowest BCUT2D eigenvalue weighted by atomic mass is 10.2. The van der Waals surface area contributed by atoms with Crippen molar-refractivity contribution in [3.8, 4) is 17.2 Å². The normalized spacial score (nSPS) is 10.3. The second-order valence-corrected chi connectivity index (χ2v) is 5.06. The minimum atomic E-state index is -0.548. The molecule has 0 aliphatic rings. The molecule has 136 valence electrons. The molecular weight excluding hydrogens is 338 g/mol. The van der Waals surface area contributed by atoms with E-state index in [4.69, 9.17) is 19.9 Å². The fourth-order valence-corrected chi connectivity index (χ4v) is 1.90. The van der Waals surface area contributed by atoms with Crippen molar-refractivity contribution >= 4 is 18.0 Å². The Balaban J connectivity index is 1.78. The van der Waals surface area contributed by atoms with Crippen LogP contribution in [0.15, 0.2) is 53.6 Å². The SMILES string of the molecule is COc1ccccc1OCC(=O)N/N=C\c1ccc(OCC(N)=O)cc1. The second-order valence-electron chi connectivity index (χ2n) is 5.06. The van der Waals surface area contributed by atoms with E-state index in [0.717, 1.165) is 5.56 Å². The first-order valence-corrected chi connectivity index (χ1v) is 7.67. The van der Waals surface area contributed by atoms with Gasteiger partial charge in [-0.2, -0.15) is 5.10 Å². The molecule has 8 nitrogen and oxygen atoms in total. The molecule has 0 bridgehead atoms. The number of nitrogens with one attached hydrogen (secondary N) is 1. The number of nitrogens with two attached hydrogens (primary N) is 1. The molecule has 0 aliphatic heterocycles. The Morgan fingerprint density at radius 3 is 2.38 bits per heavy atom. The summed E-state index contributed by atoms with van der Waals surface area (Å²) in [5, 5.41) is 3.85. The Bertz CT molecular complexity index is 775. The number of hydrazone groups is 1. The number of carbonyl (C=O) groups is 2. The number of nitrogens with zero attached hydrogens (tertiary/aromatic N) is 1. The summed E-state index contributed by atoms with van der Waals surface area (Å²) in [5.41, 5.74) is 8.10. The largest absolute Gasteiger partial charge is 0.493 e. The summed E-state index contributed by atoms with van der Waals surface area (Å²) >= 11 is 0. The zero-order valence-electron chi connectivity index (χ0n) is 14.2. The van der Waals surface area contributed by atoms with Crippen molar-refractivity contribution in [2.45, 2.75) is 0 Å². The van der Waals surface area contributed by atoms with E-state index in [1.165, 1.54) is 13.3 Å². The van der Waals surface area contributed by atoms with E-state index in [1.54, 1.807) is 48.5 Å². The number of carbonyl (C=O) groups excluding carboxylic acids is 2. The molecule has 0 atom stereocenters. The van der Waals surface area contributed by atoms with Crippen molar-refractivity contribution in [2.75, 3.05) is 20.3 Å². The van der Waals surface area contributed by atoms with Crippen LogP contribution in [0.2, 0.25) is 0 Å². The van der Waals surface area contributed by atoms with Crippen LogP contribution in [0.1, 0.15) is 5.56 Å². The second kappa shape index (κ2) is 9.67. The van der Waals surface area contributed by atoms with Crippen LogP contribution in [0.5, 0.6) is 17.2 Å². The van der Waals surface area contributed by atoms with E-state index in [9.17, 15) is 9.59 Å². The van der Waals surface area contributed by atoms with Gasteiger partial charge in [0.15, 0.2) is 24.7 Å². The van der Waals surface area contributed by atoms with E-state index in [2.05, 4.69) is 10.5 Å². The van der Waals surface area contributed by atoms with Crippen molar-refractivity contribution in [1.82, 2.24) is 5.43 Å². The molecule has 0 saturated carbocycles. The minimum Gasteiger partial charge on any atom is -0.493 e. The highest BCUT2D eigenvalue weighted by Crippen LogP contribution is 2.25. The molecule has 0 saturated heterocycles. The predicted octanol–water partition coefficient (Wildman–Crippen LogP) is 1.09. The molecule has 0 unspecified atom stereocenters. The van der Waals surface area contributed by atoms with Crippen LogP contribution in [0.25, 0.3) is 0 Å². The lowest BCUT2D eigenvalue weighted by Gasteiger charge is -2.09. The molecule has 0 aromatic heterocycles. The third kappa shape index (κ3) is 6.16. The van der Waals surface area contributed by atoms with Crippen molar-refractivity contribution in [1.29, 1.82) is 0 Å². The lowest BCUT2D eigenvalue weighted by Crippen LogP contribution is -2.24. The summed E-state index contributed by atoms with van der Waals surface area (Å²) < 4.78 is 15.7. The maximum absolute atomic E-state index is 11.8. The monoisotopic (exact) mass is 357 g/mol. The standard InChI is InChI=1S/C18H19N3O5/c1-24-15-4-2-3-5-16(15)26-12-18(23)21-20-10-13-6-8-14(9-7-13)25-11-17(19)22/h2-10H,11-12H2,1H3,(H2,19,22)(H,21,23)/b20-10-. The van der Waals surface area contributed by atoms with Crippen LogP contribution in [0.3, 0.4) is 0 Å². The van der Waals surface area contributed by atoms with Gasteiger partial charge in [0.25, 0.3) is 11.8 Å². The zero-order valence-corrected chi connectivity index (χ0v) is 14.2. The smallest absolute Gasteiger partial charge is 0.277 e. The number of benzene rings is 2. The summed E-state index contributed by atoms with van der Waals surface area (Å²) in [7, 11) is 1.52. The van der Waals surface area contributed by atoms with E-state index >= 15 is 0 Å². The summed E-state index contributed by atoms with van der Waals surface area (Å²) in [6.07, 6.45) is 1.47. The summed E-state index contributed by atoms with van der Waals surface area (Å²) in [5.74, 6) is 0.570.